The molecule has 1 amide bonds. The first kappa shape index (κ1) is 24.3. The highest BCUT2D eigenvalue weighted by atomic mass is 16.5. The van der Waals surface area contributed by atoms with Crippen molar-refractivity contribution in [1.29, 1.82) is 0 Å². The maximum Gasteiger partial charge on any atom is 0.240 e. The fourth-order valence-electron chi connectivity index (χ4n) is 5.43. The standard InChI is InChI=1S/C30H35N3O3/c1-32-16-6-5-9-27(32)30(34)33(20-22-12-14-31-15-13-22)21-23-10-11-28(29(17-23)35-2)36-26-18-24-7-3-4-8-25(24)19-26/h3-4,7-8,10-15,17,26-27H,5-6,9,16,18-21H2,1-2H3/t27-/m1/s1. The molecule has 1 aliphatic heterocycles. The Balaban J connectivity index is 1.33. The molecule has 0 spiro atoms. The predicted octanol–water partition coefficient (Wildman–Crippen LogP) is 4.65. The quantitative estimate of drug-likeness (QED) is 0.465. The molecule has 1 aromatic heterocycles. The normalized spacial score (nSPS) is 18.0. The molecule has 0 unspecified atom stereocenters. The first-order valence-corrected chi connectivity index (χ1v) is 12.9. The number of methoxy groups -OCH3 is 1. The van der Waals surface area contributed by atoms with Crippen LogP contribution in [0.3, 0.4) is 0 Å². The third kappa shape index (κ3) is 5.54. The Kier molecular flexibility index (Phi) is 7.52. The molecular formula is C30H35N3O3. The maximum atomic E-state index is 13.7. The Morgan fingerprint density at radius 1 is 0.972 bits per heavy atom. The number of carbonyl (C=O) groups is 1. The van der Waals surface area contributed by atoms with E-state index in [1.807, 2.05) is 29.2 Å². The van der Waals surface area contributed by atoms with Crippen LogP contribution in [-0.2, 0) is 30.7 Å². The number of pyridine rings is 1. The largest absolute Gasteiger partial charge is 0.493 e. The smallest absolute Gasteiger partial charge is 0.240 e. The van der Waals surface area contributed by atoms with Crippen molar-refractivity contribution in [3.8, 4) is 11.5 Å². The molecule has 5 rings (SSSR count). The summed E-state index contributed by atoms with van der Waals surface area (Å²) in [5, 5.41) is 0. The van der Waals surface area contributed by atoms with Crippen molar-refractivity contribution in [3.05, 3.63) is 89.2 Å². The minimum Gasteiger partial charge on any atom is -0.493 e. The van der Waals surface area contributed by atoms with Crippen LogP contribution < -0.4 is 9.47 Å². The number of hydrogen-bond donors (Lipinski definition) is 0. The Hall–Kier alpha value is -3.38. The Labute approximate surface area is 213 Å². The minimum absolute atomic E-state index is 0.0749. The third-order valence-corrected chi connectivity index (χ3v) is 7.40. The van der Waals surface area contributed by atoms with Gasteiger partial charge in [0.15, 0.2) is 11.5 Å². The van der Waals surface area contributed by atoms with Gasteiger partial charge in [0, 0.05) is 38.3 Å². The second-order valence-electron chi connectivity index (χ2n) is 9.94. The zero-order valence-corrected chi connectivity index (χ0v) is 21.2. The van der Waals surface area contributed by atoms with Crippen molar-refractivity contribution in [3.63, 3.8) is 0 Å². The molecule has 0 N–H and O–H groups in total. The van der Waals surface area contributed by atoms with Crippen LogP contribution in [0.2, 0.25) is 0 Å². The number of carbonyl (C=O) groups excluding carboxylic acids is 1. The number of likely N-dealkylation sites (tertiary alicyclic amines) is 1. The topological polar surface area (TPSA) is 54.9 Å². The van der Waals surface area contributed by atoms with Gasteiger partial charge in [-0.05, 0) is 73.0 Å². The van der Waals surface area contributed by atoms with Crippen LogP contribution in [-0.4, -0.2) is 53.5 Å². The number of rotatable bonds is 8. The zero-order valence-electron chi connectivity index (χ0n) is 21.2. The lowest BCUT2D eigenvalue weighted by Crippen LogP contribution is -2.48. The van der Waals surface area contributed by atoms with Crippen molar-refractivity contribution in [1.82, 2.24) is 14.8 Å². The molecule has 1 saturated heterocycles. The lowest BCUT2D eigenvalue weighted by atomic mass is 10.0. The van der Waals surface area contributed by atoms with Crippen molar-refractivity contribution < 1.29 is 14.3 Å². The lowest BCUT2D eigenvalue weighted by molar-refractivity contribution is -0.139. The molecule has 2 aromatic carbocycles. The molecule has 1 atom stereocenters. The Bertz CT molecular complexity index is 1160. The van der Waals surface area contributed by atoms with Crippen LogP contribution in [0, 0.1) is 0 Å². The number of hydrogen-bond acceptors (Lipinski definition) is 5. The summed E-state index contributed by atoms with van der Waals surface area (Å²) in [6.07, 6.45) is 8.62. The van der Waals surface area contributed by atoms with Crippen molar-refractivity contribution in [2.75, 3.05) is 20.7 Å². The monoisotopic (exact) mass is 485 g/mol. The van der Waals surface area contributed by atoms with Gasteiger partial charge in [-0.25, -0.2) is 0 Å². The third-order valence-electron chi connectivity index (χ3n) is 7.40. The molecule has 1 fully saturated rings. The summed E-state index contributed by atoms with van der Waals surface area (Å²) in [7, 11) is 3.73. The Morgan fingerprint density at radius 2 is 1.69 bits per heavy atom. The highest BCUT2D eigenvalue weighted by molar-refractivity contribution is 5.82. The van der Waals surface area contributed by atoms with Gasteiger partial charge in [0.2, 0.25) is 5.91 Å². The van der Waals surface area contributed by atoms with Crippen LogP contribution in [0.15, 0.2) is 67.0 Å². The molecule has 0 bridgehead atoms. The number of amides is 1. The molecule has 6 heteroatoms. The highest BCUT2D eigenvalue weighted by Crippen LogP contribution is 2.33. The van der Waals surface area contributed by atoms with Gasteiger partial charge in [-0.15, -0.1) is 0 Å². The summed E-state index contributed by atoms with van der Waals surface area (Å²) in [5.74, 6) is 1.63. The van der Waals surface area contributed by atoms with Gasteiger partial charge in [-0.1, -0.05) is 36.8 Å². The van der Waals surface area contributed by atoms with E-state index in [4.69, 9.17) is 9.47 Å². The molecule has 0 saturated carbocycles. The van der Waals surface area contributed by atoms with Gasteiger partial charge in [0.1, 0.15) is 6.10 Å². The van der Waals surface area contributed by atoms with Crippen LogP contribution in [0.25, 0.3) is 0 Å². The van der Waals surface area contributed by atoms with E-state index in [9.17, 15) is 4.79 Å². The molecule has 188 valence electrons. The van der Waals surface area contributed by atoms with Crippen molar-refractivity contribution >= 4 is 5.91 Å². The van der Waals surface area contributed by atoms with E-state index in [1.54, 1.807) is 19.5 Å². The van der Waals surface area contributed by atoms with Crippen molar-refractivity contribution in [2.24, 2.45) is 0 Å². The summed E-state index contributed by atoms with van der Waals surface area (Å²) in [4.78, 5) is 22.0. The summed E-state index contributed by atoms with van der Waals surface area (Å²) in [5.41, 5.74) is 4.81. The number of ether oxygens (including phenoxy) is 2. The first-order chi connectivity index (χ1) is 17.6. The molecule has 1 aliphatic carbocycles. The molecule has 2 heterocycles. The van der Waals surface area contributed by atoms with Crippen LogP contribution in [0.5, 0.6) is 11.5 Å². The van der Waals surface area contributed by atoms with E-state index in [0.717, 1.165) is 55.5 Å². The molecule has 2 aliphatic rings. The number of benzene rings is 2. The number of likely N-dealkylation sites (N-methyl/N-ethyl adjacent to an activating group) is 1. The van der Waals surface area contributed by atoms with E-state index in [-0.39, 0.29) is 18.1 Å². The lowest BCUT2D eigenvalue weighted by Gasteiger charge is -2.35. The fourth-order valence-corrected chi connectivity index (χ4v) is 5.43. The van der Waals surface area contributed by atoms with E-state index < -0.39 is 0 Å². The summed E-state index contributed by atoms with van der Waals surface area (Å²) in [6, 6.07) is 18.4. The molecule has 3 aromatic rings. The highest BCUT2D eigenvalue weighted by Gasteiger charge is 2.30. The average Bonchev–Trinajstić information content (AvgIpc) is 3.32. The van der Waals surface area contributed by atoms with Crippen molar-refractivity contribution in [2.45, 2.75) is 57.3 Å². The van der Waals surface area contributed by atoms with Crippen LogP contribution in [0.1, 0.15) is 41.5 Å². The van der Waals surface area contributed by atoms with Gasteiger partial charge in [-0.2, -0.15) is 0 Å². The summed E-state index contributed by atoms with van der Waals surface area (Å²) >= 11 is 0. The van der Waals surface area contributed by atoms with E-state index >= 15 is 0 Å². The van der Waals surface area contributed by atoms with E-state index in [1.165, 1.54) is 11.1 Å². The van der Waals surface area contributed by atoms with E-state index in [2.05, 4.69) is 47.3 Å². The van der Waals surface area contributed by atoms with Gasteiger partial charge in [-0.3, -0.25) is 14.7 Å². The molecule has 0 radical (unpaired) electrons. The molecular weight excluding hydrogens is 450 g/mol. The first-order valence-electron chi connectivity index (χ1n) is 12.9. The van der Waals surface area contributed by atoms with Crippen LogP contribution in [0.4, 0.5) is 0 Å². The second-order valence-corrected chi connectivity index (χ2v) is 9.94. The zero-order chi connectivity index (χ0) is 24.9. The second kappa shape index (κ2) is 11.1. The summed E-state index contributed by atoms with van der Waals surface area (Å²) in [6.45, 7) is 2.02. The number of nitrogens with zero attached hydrogens (tertiary/aromatic N) is 3. The summed E-state index contributed by atoms with van der Waals surface area (Å²) < 4.78 is 12.1. The minimum atomic E-state index is -0.0749. The average molecular weight is 486 g/mol. The number of piperidine rings is 1. The SMILES string of the molecule is COc1cc(CN(Cc2ccncc2)C(=O)[C@H]2CCCCN2C)ccc1OC1Cc2ccccc2C1. The number of fused-ring (bicyclic) bond motifs is 1. The van der Waals surface area contributed by atoms with Gasteiger partial charge < -0.3 is 14.4 Å². The van der Waals surface area contributed by atoms with Gasteiger partial charge >= 0.3 is 0 Å². The van der Waals surface area contributed by atoms with Crippen LogP contribution >= 0.6 is 0 Å². The maximum absolute atomic E-state index is 13.7. The molecule has 36 heavy (non-hydrogen) atoms. The Morgan fingerprint density at radius 3 is 2.39 bits per heavy atom. The fraction of sp³-hybridized carbons (Fsp3) is 0.400. The van der Waals surface area contributed by atoms with E-state index in [0.29, 0.717) is 18.8 Å². The van der Waals surface area contributed by atoms with Gasteiger partial charge in [0.05, 0.1) is 13.2 Å². The molecule has 6 nitrogen and oxygen atoms in total. The predicted molar refractivity (Wildman–Crippen MR) is 140 cm³/mol. The number of aromatic nitrogens is 1. The van der Waals surface area contributed by atoms with Gasteiger partial charge in [0.25, 0.3) is 0 Å².